The first-order valence-corrected chi connectivity index (χ1v) is 6.85. The normalized spacial score (nSPS) is 11.9. The van der Waals surface area contributed by atoms with E-state index < -0.39 is 0 Å². The van der Waals surface area contributed by atoms with Gasteiger partial charge in [0.1, 0.15) is 0 Å². The molecule has 104 valence electrons. The molecule has 0 heterocycles. The number of hydrogen-bond acceptors (Lipinski definition) is 2. The van der Waals surface area contributed by atoms with Gasteiger partial charge in [-0.3, -0.25) is 4.79 Å². The first kappa shape index (κ1) is 14.1. The Morgan fingerprint density at radius 3 is 2.25 bits per heavy atom. The highest BCUT2D eigenvalue weighted by molar-refractivity contribution is 5.94. The second-order valence-electron chi connectivity index (χ2n) is 4.91. The van der Waals surface area contributed by atoms with Crippen LogP contribution in [0.25, 0.3) is 0 Å². The SMILES string of the molecule is CCc1ccc(C(=O)NC(C)c2ccc(N)cc2)cc1. The van der Waals surface area contributed by atoms with Gasteiger partial charge >= 0.3 is 0 Å². The number of hydrogen-bond donors (Lipinski definition) is 2. The molecule has 1 unspecified atom stereocenters. The number of nitrogen functional groups attached to an aromatic ring is 1. The van der Waals surface area contributed by atoms with Gasteiger partial charge in [0, 0.05) is 11.3 Å². The number of nitrogens with one attached hydrogen (secondary N) is 1. The lowest BCUT2D eigenvalue weighted by Gasteiger charge is -2.14. The fourth-order valence-corrected chi connectivity index (χ4v) is 2.04. The number of carbonyl (C=O) groups excluding carboxylic acids is 1. The van der Waals surface area contributed by atoms with E-state index in [1.807, 2.05) is 55.5 Å². The summed E-state index contributed by atoms with van der Waals surface area (Å²) in [5, 5.41) is 2.99. The molecule has 0 spiro atoms. The zero-order chi connectivity index (χ0) is 14.5. The Kier molecular flexibility index (Phi) is 4.41. The van der Waals surface area contributed by atoms with Gasteiger partial charge < -0.3 is 11.1 Å². The van der Waals surface area contributed by atoms with E-state index in [1.165, 1.54) is 5.56 Å². The van der Waals surface area contributed by atoms with Crippen LogP contribution in [-0.4, -0.2) is 5.91 Å². The summed E-state index contributed by atoms with van der Waals surface area (Å²) in [4.78, 5) is 12.2. The summed E-state index contributed by atoms with van der Waals surface area (Å²) in [6.07, 6.45) is 0.976. The van der Waals surface area contributed by atoms with E-state index in [0.717, 1.165) is 17.7 Å². The maximum absolute atomic E-state index is 12.2. The lowest BCUT2D eigenvalue weighted by atomic mass is 10.1. The minimum atomic E-state index is -0.0584. The summed E-state index contributed by atoms with van der Waals surface area (Å²) in [5.41, 5.74) is 9.34. The van der Waals surface area contributed by atoms with Gasteiger partial charge in [-0.1, -0.05) is 31.2 Å². The highest BCUT2D eigenvalue weighted by atomic mass is 16.1. The van der Waals surface area contributed by atoms with Gasteiger partial charge in [0.25, 0.3) is 5.91 Å². The lowest BCUT2D eigenvalue weighted by Crippen LogP contribution is -2.26. The van der Waals surface area contributed by atoms with Crippen molar-refractivity contribution in [2.24, 2.45) is 0 Å². The van der Waals surface area contributed by atoms with E-state index in [0.29, 0.717) is 5.56 Å². The van der Waals surface area contributed by atoms with Crippen LogP contribution < -0.4 is 11.1 Å². The van der Waals surface area contributed by atoms with Crippen molar-refractivity contribution in [3.05, 3.63) is 65.2 Å². The van der Waals surface area contributed by atoms with Crippen LogP contribution >= 0.6 is 0 Å². The number of nitrogens with two attached hydrogens (primary N) is 1. The maximum Gasteiger partial charge on any atom is 0.251 e. The highest BCUT2D eigenvalue weighted by Gasteiger charge is 2.11. The molecule has 0 radical (unpaired) electrons. The van der Waals surface area contributed by atoms with Crippen LogP contribution in [0.2, 0.25) is 0 Å². The third-order valence-electron chi connectivity index (χ3n) is 3.41. The zero-order valence-corrected chi connectivity index (χ0v) is 11.9. The van der Waals surface area contributed by atoms with Crippen molar-refractivity contribution in [3.63, 3.8) is 0 Å². The van der Waals surface area contributed by atoms with E-state index in [4.69, 9.17) is 5.73 Å². The summed E-state index contributed by atoms with van der Waals surface area (Å²) in [5.74, 6) is -0.0584. The fourth-order valence-electron chi connectivity index (χ4n) is 2.04. The molecule has 3 N–H and O–H groups in total. The summed E-state index contributed by atoms with van der Waals surface area (Å²) < 4.78 is 0. The van der Waals surface area contributed by atoms with Crippen LogP contribution in [0.3, 0.4) is 0 Å². The van der Waals surface area contributed by atoms with E-state index >= 15 is 0 Å². The number of benzene rings is 2. The summed E-state index contributed by atoms with van der Waals surface area (Å²) in [6, 6.07) is 15.2. The average molecular weight is 268 g/mol. The number of amides is 1. The molecule has 20 heavy (non-hydrogen) atoms. The van der Waals surface area contributed by atoms with Crippen LogP contribution in [0.5, 0.6) is 0 Å². The average Bonchev–Trinajstić information content (AvgIpc) is 2.48. The maximum atomic E-state index is 12.2. The monoisotopic (exact) mass is 268 g/mol. The Balaban J connectivity index is 2.04. The first-order chi connectivity index (χ1) is 9.60. The molecule has 0 aliphatic heterocycles. The van der Waals surface area contributed by atoms with Crippen molar-refractivity contribution in [3.8, 4) is 0 Å². The minimum Gasteiger partial charge on any atom is -0.399 e. The van der Waals surface area contributed by atoms with Crippen molar-refractivity contribution in [2.75, 3.05) is 5.73 Å². The van der Waals surface area contributed by atoms with E-state index in [2.05, 4.69) is 12.2 Å². The van der Waals surface area contributed by atoms with Crippen LogP contribution in [0.15, 0.2) is 48.5 Å². The smallest absolute Gasteiger partial charge is 0.251 e. The third kappa shape index (κ3) is 3.38. The molecule has 0 aliphatic rings. The highest BCUT2D eigenvalue weighted by Crippen LogP contribution is 2.15. The van der Waals surface area contributed by atoms with Gasteiger partial charge in [0.2, 0.25) is 0 Å². The van der Waals surface area contributed by atoms with E-state index in [9.17, 15) is 4.79 Å². The van der Waals surface area contributed by atoms with E-state index in [-0.39, 0.29) is 11.9 Å². The number of anilines is 1. The Morgan fingerprint density at radius 1 is 1.10 bits per heavy atom. The second kappa shape index (κ2) is 6.24. The van der Waals surface area contributed by atoms with Gasteiger partial charge in [0.05, 0.1) is 6.04 Å². The summed E-state index contributed by atoms with van der Waals surface area (Å²) in [6.45, 7) is 4.06. The second-order valence-corrected chi connectivity index (χ2v) is 4.91. The van der Waals surface area contributed by atoms with Crippen molar-refractivity contribution in [1.29, 1.82) is 0 Å². The Labute approximate surface area is 119 Å². The molecular weight excluding hydrogens is 248 g/mol. The Bertz CT molecular complexity index is 573. The van der Waals surface area contributed by atoms with Gasteiger partial charge in [-0.15, -0.1) is 0 Å². The van der Waals surface area contributed by atoms with Crippen LogP contribution in [-0.2, 0) is 6.42 Å². The lowest BCUT2D eigenvalue weighted by molar-refractivity contribution is 0.0940. The summed E-state index contributed by atoms with van der Waals surface area (Å²) in [7, 11) is 0. The molecule has 0 saturated heterocycles. The predicted molar refractivity (Wildman–Crippen MR) is 82.6 cm³/mol. The molecule has 0 saturated carbocycles. The standard InChI is InChI=1S/C17H20N2O/c1-3-13-4-6-15(7-5-13)17(20)19-12(2)14-8-10-16(18)11-9-14/h4-12H,3,18H2,1-2H3,(H,19,20). The molecule has 1 atom stereocenters. The van der Waals surface area contributed by atoms with Crippen molar-refractivity contribution in [1.82, 2.24) is 5.32 Å². The third-order valence-corrected chi connectivity index (χ3v) is 3.41. The fraction of sp³-hybridized carbons (Fsp3) is 0.235. The topological polar surface area (TPSA) is 55.1 Å². The summed E-state index contributed by atoms with van der Waals surface area (Å²) >= 11 is 0. The van der Waals surface area contributed by atoms with Crippen molar-refractivity contribution < 1.29 is 4.79 Å². The van der Waals surface area contributed by atoms with Crippen LogP contribution in [0.1, 0.15) is 41.4 Å². The van der Waals surface area contributed by atoms with Crippen molar-refractivity contribution >= 4 is 11.6 Å². The quantitative estimate of drug-likeness (QED) is 0.836. The van der Waals surface area contributed by atoms with Crippen LogP contribution in [0, 0.1) is 0 Å². The molecule has 3 heteroatoms. The van der Waals surface area contributed by atoms with Gasteiger partial charge in [-0.25, -0.2) is 0 Å². The number of carbonyl (C=O) groups is 1. The van der Waals surface area contributed by atoms with Crippen molar-refractivity contribution in [2.45, 2.75) is 26.3 Å². The number of aryl methyl sites for hydroxylation is 1. The van der Waals surface area contributed by atoms with Gasteiger partial charge in [-0.2, -0.15) is 0 Å². The molecule has 0 aliphatic carbocycles. The predicted octanol–water partition coefficient (Wildman–Crippen LogP) is 3.32. The largest absolute Gasteiger partial charge is 0.399 e. The zero-order valence-electron chi connectivity index (χ0n) is 11.9. The molecule has 0 bridgehead atoms. The first-order valence-electron chi connectivity index (χ1n) is 6.85. The van der Waals surface area contributed by atoms with Crippen LogP contribution in [0.4, 0.5) is 5.69 Å². The molecule has 3 nitrogen and oxygen atoms in total. The molecular formula is C17H20N2O. The van der Waals surface area contributed by atoms with Gasteiger partial charge in [-0.05, 0) is 48.7 Å². The molecule has 1 amide bonds. The number of rotatable bonds is 4. The van der Waals surface area contributed by atoms with Gasteiger partial charge in [0.15, 0.2) is 0 Å². The molecule has 2 rings (SSSR count). The molecule has 2 aromatic rings. The Morgan fingerprint density at radius 2 is 1.70 bits per heavy atom. The molecule has 0 aromatic heterocycles. The Hall–Kier alpha value is -2.29. The molecule has 0 fully saturated rings. The minimum absolute atomic E-state index is 0.0473. The van der Waals surface area contributed by atoms with E-state index in [1.54, 1.807) is 0 Å². The molecule has 2 aromatic carbocycles.